The van der Waals surface area contributed by atoms with Gasteiger partial charge >= 0.3 is 0 Å². The molecule has 8 heteroatoms. The van der Waals surface area contributed by atoms with Crippen molar-refractivity contribution >= 4 is 46.0 Å². The zero-order chi connectivity index (χ0) is 21.4. The molecule has 3 aromatic heterocycles. The van der Waals surface area contributed by atoms with E-state index in [1.165, 1.54) is 0 Å². The number of hydrogen-bond acceptors (Lipinski definition) is 5. The van der Waals surface area contributed by atoms with Crippen molar-refractivity contribution in [2.24, 2.45) is 0 Å². The molecule has 0 bridgehead atoms. The molecule has 0 unspecified atom stereocenters. The fraction of sp³-hybridized carbons (Fsp3) is 0. The molecule has 2 aromatic carbocycles. The van der Waals surface area contributed by atoms with E-state index in [1.807, 2.05) is 6.07 Å². The maximum absolute atomic E-state index is 12.7. The zero-order valence-electron chi connectivity index (χ0n) is 15.8. The summed E-state index contributed by atoms with van der Waals surface area (Å²) in [5, 5.41) is 3.59. The lowest BCUT2D eigenvalue weighted by atomic mass is 10.2. The molecule has 5 rings (SSSR count). The van der Waals surface area contributed by atoms with Gasteiger partial charge in [0.1, 0.15) is 5.76 Å². The average molecular weight is 450 g/mol. The first-order valence-corrected chi connectivity index (χ1v) is 10.0. The van der Waals surface area contributed by atoms with Gasteiger partial charge in [-0.15, -0.1) is 0 Å². The average Bonchev–Trinajstić information content (AvgIpc) is 3.43. The monoisotopic (exact) mass is 449 g/mol. The molecule has 1 N–H and O–H groups in total. The van der Waals surface area contributed by atoms with Crippen LogP contribution in [0.1, 0.15) is 10.6 Å². The number of aromatic nitrogens is 2. The SMILES string of the molecule is O=C(Nc1cccc(-c2nc3ncccc3o2)c1)c1ccc(-c2cccc(Cl)c2Cl)o1. The van der Waals surface area contributed by atoms with Crippen LogP contribution < -0.4 is 5.32 Å². The number of anilines is 1. The van der Waals surface area contributed by atoms with Crippen LogP contribution in [0.4, 0.5) is 5.69 Å². The van der Waals surface area contributed by atoms with Gasteiger partial charge in [-0.05, 0) is 54.6 Å². The maximum Gasteiger partial charge on any atom is 0.291 e. The highest BCUT2D eigenvalue weighted by atomic mass is 35.5. The van der Waals surface area contributed by atoms with Crippen LogP contribution in [-0.4, -0.2) is 15.9 Å². The van der Waals surface area contributed by atoms with Crippen molar-refractivity contribution < 1.29 is 13.6 Å². The fourth-order valence-electron chi connectivity index (χ4n) is 3.11. The predicted molar refractivity (Wildman–Crippen MR) is 119 cm³/mol. The summed E-state index contributed by atoms with van der Waals surface area (Å²) < 4.78 is 11.4. The Morgan fingerprint density at radius 1 is 0.935 bits per heavy atom. The van der Waals surface area contributed by atoms with Crippen LogP contribution in [0.3, 0.4) is 0 Å². The van der Waals surface area contributed by atoms with E-state index in [0.29, 0.717) is 49.7 Å². The summed E-state index contributed by atoms with van der Waals surface area (Å²) in [6.45, 7) is 0. The highest BCUT2D eigenvalue weighted by molar-refractivity contribution is 6.43. The highest BCUT2D eigenvalue weighted by Crippen LogP contribution is 2.34. The first-order valence-electron chi connectivity index (χ1n) is 9.26. The molecule has 0 saturated heterocycles. The smallest absolute Gasteiger partial charge is 0.291 e. The highest BCUT2D eigenvalue weighted by Gasteiger charge is 2.16. The minimum absolute atomic E-state index is 0.141. The van der Waals surface area contributed by atoms with Gasteiger partial charge in [-0.3, -0.25) is 4.79 Å². The van der Waals surface area contributed by atoms with Gasteiger partial charge in [-0.1, -0.05) is 35.3 Å². The van der Waals surface area contributed by atoms with Gasteiger partial charge in [-0.25, -0.2) is 4.98 Å². The van der Waals surface area contributed by atoms with E-state index in [2.05, 4.69) is 15.3 Å². The minimum Gasteiger partial charge on any atom is -0.451 e. The van der Waals surface area contributed by atoms with E-state index in [-0.39, 0.29) is 5.76 Å². The summed E-state index contributed by atoms with van der Waals surface area (Å²) in [5.74, 6) is 0.606. The Morgan fingerprint density at radius 3 is 2.68 bits per heavy atom. The molecule has 0 spiro atoms. The van der Waals surface area contributed by atoms with Crippen LogP contribution in [0.25, 0.3) is 34.0 Å². The van der Waals surface area contributed by atoms with Crippen LogP contribution in [-0.2, 0) is 0 Å². The molecule has 6 nitrogen and oxygen atoms in total. The number of nitrogens with one attached hydrogen (secondary N) is 1. The van der Waals surface area contributed by atoms with Crippen molar-refractivity contribution in [2.45, 2.75) is 0 Å². The van der Waals surface area contributed by atoms with Gasteiger partial charge < -0.3 is 14.2 Å². The van der Waals surface area contributed by atoms with Crippen molar-refractivity contribution in [3.63, 3.8) is 0 Å². The van der Waals surface area contributed by atoms with E-state index in [1.54, 1.807) is 66.9 Å². The standard InChI is InChI=1S/C23H13Cl2N3O3/c24-16-7-2-6-15(20(16)25)17-9-10-19(30-17)22(29)27-14-5-1-4-13(12-14)23-28-21-18(31-23)8-3-11-26-21/h1-12H,(H,27,29). The predicted octanol–water partition coefficient (Wildman–Crippen LogP) is 6.71. The molecule has 3 heterocycles. The van der Waals surface area contributed by atoms with Crippen molar-refractivity contribution in [1.29, 1.82) is 0 Å². The fourth-order valence-corrected chi connectivity index (χ4v) is 3.51. The number of rotatable bonds is 4. The number of furan rings is 1. The number of hydrogen-bond donors (Lipinski definition) is 1. The Kier molecular flexibility index (Phi) is 4.94. The lowest BCUT2D eigenvalue weighted by Gasteiger charge is -2.05. The third-order valence-corrected chi connectivity index (χ3v) is 5.40. The Morgan fingerprint density at radius 2 is 1.81 bits per heavy atom. The molecule has 152 valence electrons. The Labute approximate surface area is 186 Å². The first kappa shape index (κ1) is 19.4. The van der Waals surface area contributed by atoms with Gasteiger partial charge in [0, 0.05) is 23.0 Å². The van der Waals surface area contributed by atoms with E-state index < -0.39 is 5.91 Å². The second-order valence-electron chi connectivity index (χ2n) is 6.64. The van der Waals surface area contributed by atoms with Gasteiger partial charge in [0.15, 0.2) is 17.0 Å². The number of nitrogens with zero attached hydrogens (tertiary/aromatic N) is 2. The summed E-state index contributed by atoms with van der Waals surface area (Å²) in [7, 11) is 0. The van der Waals surface area contributed by atoms with Crippen molar-refractivity contribution in [1.82, 2.24) is 9.97 Å². The number of benzene rings is 2. The van der Waals surface area contributed by atoms with E-state index in [4.69, 9.17) is 32.0 Å². The number of carbonyl (C=O) groups excluding carboxylic acids is 1. The van der Waals surface area contributed by atoms with E-state index in [0.717, 1.165) is 0 Å². The molecule has 0 aliphatic carbocycles. The van der Waals surface area contributed by atoms with E-state index in [9.17, 15) is 4.79 Å². The molecular formula is C23H13Cl2N3O3. The van der Waals surface area contributed by atoms with Crippen LogP contribution in [0.15, 0.2) is 81.8 Å². The van der Waals surface area contributed by atoms with Gasteiger partial charge in [0.05, 0.1) is 10.0 Å². The lowest BCUT2D eigenvalue weighted by Crippen LogP contribution is -2.10. The lowest BCUT2D eigenvalue weighted by molar-refractivity contribution is 0.0997. The second-order valence-corrected chi connectivity index (χ2v) is 7.43. The maximum atomic E-state index is 12.7. The van der Waals surface area contributed by atoms with Gasteiger partial charge in [0.2, 0.25) is 5.89 Å². The molecule has 1 amide bonds. The van der Waals surface area contributed by atoms with Crippen LogP contribution in [0.5, 0.6) is 0 Å². The van der Waals surface area contributed by atoms with Gasteiger partial charge in [0.25, 0.3) is 5.91 Å². The topological polar surface area (TPSA) is 81.2 Å². The Balaban J connectivity index is 1.38. The van der Waals surface area contributed by atoms with E-state index >= 15 is 0 Å². The molecule has 0 aliphatic heterocycles. The summed E-state index contributed by atoms with van der Waals surface area (Å²) in [5.41, 5.74) is 3.00. The molecule has 0 aliphatic rings. The van der Waals surface area contributed by atoms with Gasteiger partial charge in [-0.2, -0.15) is 4.98 Å². The Bertz CT molecular complexity index is 1390. The number of carbonyl (C=O) groups is 1. The van der Waals surface area contributed by atoms with Crippen molar-refractivity contribution in [3.8, 4) is 22.8 Å². The summed E-state index contributed by atoms with van der Waals surface area (Å²) in [6, 6.07) is 19.2. The number of halogens is 2. The summed E-state index contributed by atoms with van der Waals surface area (Å²) in [4.78, 5) is 21.2. The molecule has 31 heavy (non-hydrogen) atoms. The van der Waals surface area contributed by atoms with Crippen molar-refractivity contribution in [3.05, 3.63) is 88.7 Å². The molecule has 0 fully saturated rings. The molecule has 0 atom stereocenters. The van der Waals surface area contributed by atoms with Crippen molar-refractivity contribution in [2.75, 3.05) is 5.32 Å². The quantitative estimate of drug-likeness (QED) is 0.329. The number of oxazole rings is 1. The van der Waals surface area contributed by atoms with Crippen LogP contribution >= 0.6 is 23.2 Å². The third-order valence-electron chi connectivity index (χ3n) is 4.58. The number of amides is 1. The summed E-state index contributed by atoms with van der Waals surface area (Å²) in [6.07, 6.45) is 1.65. The third kappa shape index (κ3) is 3.79. The largest absolute Gasteiger partial charge is 0.451 e. The minimum atomic E-state index is -0.402. The Hall–Kier alpha value is -3.61. The van der Waals surface area contributed by atoms with Crippen LogP contribution in [0.2, 0.25) is 10.0 Å². The zero-order valence-corrected chi connectivity index (χ0v) is 17.3. The molecule has 0 radical (unpaired) electrons. The molecular weight excluding hydrogens is 437 g/mol. The first-order chi connectivity index (χ1) is 15.1. The number of fused-ring (bicyclic) bond motifs is 1. The molecule has 0 saturated carbocycles. The number of pyridine rings is 1. The second kappa shape index (κ2) is 7.91. The van der Waals surface area contributed by atoms with Crippen LogP contribution in [0, 0.1) is 0 Å². The summed E-state index contributed by atoms with van der Waals surface area (Å²) >= 11 is 12.3. The normalized spacial score (nSPS) is 11.0. The molecule has 5 aromatic rings.